The fourth-order valence-electron chi connectivity index (χ4n) is 15.8. The third-order valence-electron chi connectivity index (χ3n) is 19.2. The van der Waals surface area contributed by atoms with E-state index in [0.29, 0.717) is 41.4 Å². The number of aromatic nitrogens is 6. The van der Waals surface area contributed by atoms with Gasteiger partial charge < -0.3 is 0 Å². The molecule has 2 heterocycles. The van der Waals surface area contributed by atoms with Crippen LogP contribution in [0.4, 0.5) is 0 Å². The predicted molar refractivity (Wildman–Crippen MR) is 368 cm³/mol. The lowest BCUT2D eigenvalue weighted by Gasteiger charge is -2.20. The van der Waals surface area contributed by atoms with Gasteiger partial charge in [-0.25, -0.2) is 29.9 Å². The predicted octanol–water partition coefficient (Wildman–Crippen LogP) is 21.0. The van der Waals surface area contributed by atoms with Crippen LogP contribution in [0.25, 0.3) is 155 Å². The normalized spacial score (nSPS) is 12.1. The molecule has 6 nitrogen and oxygen atoms in total. The number of rotatable bonds is 8. The molecule has 6 heteroatoms. The van der Waals surface area contributed by atoms with Gasteiger partial charge in [-0.05, 0) is 237 Å². The van der Waals surface area contributed by atoms with Crippen LogP contribution in [0.3, 0.4) is 0 Å². The third-order valence-corrected chi connectivity index (χ3v) is 19.2. The molecule has 0 radical (unpaired) electrons. The lowest BCUT2D eigenvalue weighted by molar-refractivity contribution is 1.04. The molecule has 0 N–H and O–H groups in total. The van der Waals surface area contributed by atoms with Gasteiger partial charge in [0, 0.05) is 33.4 Å². The zero-order valence-corrected chi connectivity index (χ0v) is 51.6. The number of nitrogens with zero attached hydrogens (tertiary/aromatic N) is 6. The van der Waals surface area contributed by atoms with Crippen LogP contribution in [0.1, 0.15) is 72.3 Å². The molecule has 0 saturated heterocycles. The highest BCUT2D eigenvalue weighted by atomic mass is 15.0. The standard InChI is InChI=1S/C82H64N6/c1-42-34-45(4)68(46(5)35-42)78-83-77(65-33-32-64-59-27-17-21-54-20-16-26-58(72(54)59)60-29-18-30-63(65)73(60)64)84-81(86-78)71-49(8)38-44(3)67(52(71)11)41-53-39-50(9)70(51(10)40-53)80-85-79(69-47(6)36-43(2)37-48(69)7)87-82(88-80)76-62-25-15-14-24-61(62)74-56-23-13-12-22-55(56)57-28-19-31-66(76)75(57)74/h12-40H,41H2,1-11H3. The Bertz CT molecular complexity index is 5430. The van der Waals surface area contributed by atoms with Crippen molar-refractivity contribution in [1.82, 2.24) is 29.9 Å². The molecule has 0 spiro atoms. The van der Waals surface area contributed by atoms with Crippen LogP contribution < -0.4 is 0 Å². The van der Waals surface area contributed by atoms with Gasteiger partial charge in [0.25, 0.3) is 0 Å². The highest BCUT2D eigenvalue weighted by Gasteiger charge is 2.29. The second-order valence-electron chi connectivity index (χ2n) is 25.1. The lowest BCUT2D eigenvalue weighted by atomic mass is 9.87. The minimum Gasteiger partial charge on any atom is -0.208 e. The molecule has 422 valence electrons. The SMILES string of the molecule is Cc1cc(C)c(-c2nc(-c3c(C)cc(Cc4c(C)cc(C)c(-c5nc(-c6c(C)cc(C)cc6C)nc(-c6ccc7c8cccc9cccc(c%10cccc6c%107)c98)n5)c4C)cc3C)nc(-c3c4ccccc4c4c5c(cccc35)-c3ccccc3-4)n2)c(C)c1. The molecule has 15 aromatic rings. The number of benzene rings is 13. The molecule has 0 atom stereocenters. The second kappa shape index (κ2) is 19.9. The fraction of sp³-hybridized carbons (Fsp3) is 0.146. The van der Waals surface area contributed by atoms with Crippen molar-refractivity contribution in [3.8, 4) is 90.6 Å². The summed E-state index contributed by atoms with van der Waals surface area (Å²) in [7, 11) is 0. The Kier molecular flexibility index (Phi) is 12.0. The Balaban J connectivity index is 0.845. The molecule has 0 amide bonds. The van der Waals surface area contributed by atoms with E-state index >= 15 is 0 Å². The molecule has 0 unspecified atom stereocenters. The van der Waals surface area contributed by atoms with E-state index < -0.39 is 0 Å². The maximum Gasteiger partial charge on any atom is 0.165 e. The summed E-state index contributed by atoms with van der Waals surface area (Å²) >= 11 is 0. The van der Waals surface area contributed by atoms with E-state index in [0.717, 1.165) is 94.0 Å². The molecule has 2 aromatic heterocycles. The van der Waals surface area contributed by atoms with Crippen molar-refractivity contribution in [2.75, 3.05) is 0 Å². The lowest BCUT2D eigenvalue weighted by Crippen LogP contribution is -2.07. The average molecular weight is 1130 g/mol. The highest BCUT2D eigenvalue weighted by Crippen LogP contribution is 2.54. The van der Waals surface area contributed by atoms with Crippen LogP contribution in [0.2, 0.25) is 0 Å². The Morgan fingerprint density at radius 1 is 0.250 bits per heavy atom. The van der Waals surface area contributed by atoms with Crippen LogP contribution in [0.15, 0.2) is 176 Å². The van der Waals surface area contributed by atoms with Gasteiger partial charge in [0.1, 0.15) is 0 Å². The minimum absolute atomic E-state index is 0.660. The van der Waals surface area contributed by atoms with Gasteiger partial charge in [-0.3, -0.25) is 0 Å². The van der Waals surface area contributed by atoms with E-state index in [1.165, 1.54) is 98.5 Å². The second-order valence-corrected chi connectivity index (χ2v) is 25.1. The summed E-state index contributed by atoms with van der Waals surface area (Å²) in [5.41, 5.74) is 26.4. The fourth-order valence-corrected chi connectivity index (χ4v) is 15.8. The molecule has 1 aliphatic carbocycles. The van der Waals surface area contributed by atoms with E-state index in [2.05, 4.69) is 252 Å². The van der Waals surface area contributed by atoms with E-state index in [-0.39, 0.29) is 0 Å². The first-order chi connectivity index (χ1) is 42.7. The maximum absolute atomic E-state index is 5.60. The summed E-state index contributed by atoms with van der Waals surface area (Å²) in [4.78, 5) is 33.2. The monoisotopic (exact) mass is 1130 g/mol. The molecular formula is C82H64N6. The number of hydrogen-bond donors (Lipinski definition) is 0. The zero-order chi connectivity index (χ0) is 60.1. The Morgan fingerprint density at radius 3 is 1.25 bits per heavy atom. The molecule has 0 bridgehead atoms. The van der Waals surface area contributed by atoms with Crippen molar-refractivity contribution in [3.63, 3.8) is 0 Å². The zero-order valence-electron chi connectivity index (χ0n) is 51.6. The molecule has 0 saturated carbocycles. The van der Waals surface area contributed by atoms with Crippen LogP contribution in [-0.4, -0.2) is 29.9 Å². The minimum atomic E-state index is 0.660. The molecular weight excluding hydrogens is 1070 g/mol. The van der Waals surface area contributed by atoms with Crippen LogP contribution in [0.5, 0.6) is 0 Å². The quantitative estimate of drug-likeness (QED) is 0.111. The molecule has 88 heavy (non-hydrogen) atoms. The van der Waals surface area contributed by atoms with Gasteiger partial charge in [0.05, 0.1) is 0 Å². The summed E-state index contributed by atoms with van der Waals surface area (Å²) in [5, 5.41) is 14.6. The van der Waals surface area contributed by atoms with Gasteiger partial charge in [-0.2, -0.15) is 0 Å². The van der Waals surface area contributed by atoms with E-state index in [1.807, 2.05) is 0 Å². The van der Waals surface area contributed by atoms with Gasteiger partial charge >= 0.3 is 0 Å². The van der Waals surface area contributed by atoms with Crippen molar-refractivity contribution in [2.45, 2.75) is 82.6 Å². The first-order valence-corrected chi connectivity index (χ1v) is 30.7. The Morgan fingerprint density at radius 2 is 0.659 bits per heavy atom. The summed E-state index contributed by atoms with van der Waals surface area (Å²) in [6.07, 6.45) is 0.710. The molecule has 13 aromatic carbocycles. The van der Waals surface area contributed by atoms with Crippen molar-refractivity contribution in [1.29, 1.82) is 0 Å². The third kappa shape index (κ3) is 8.08. The summed E-state index contributed by atoms with van der Waals surface area (Å²) in [6, 6.07) is 64.8. The summed E-state index contributed by atoms with van der Waals surface area (Å²) in [5.74, 6) is 4.02. The largest absolute Gasteiger partial charge is 0.208 e. The van der Waals surface area contributed by atoms with E-state index in [4.69, 9.17) is 29.9 Å². The number of hydrogen-bond acceptors (Lipinski definition) is 6. The smallest absolute Gasteiger partial charge is 0.165 e. The van der Waals surface area contributed by atoms with Crippen molar-refractivity contribution < 1.29 is 0 Å². The van der Waals surface area contributed by atoms with Crippen molar-refractivity contribution in [2.24, 2.45) is 0 Å². The Hall–Kier alpha value is -10.3. The van der Waals surface area contributed by atoms with Gasteiger partial charge in [-0.1, -0.05) is 181 Å². The van der Waals surface area contributed by atoms with Crippen molar-refractivity contribution >= 4 is 64.6 Å². The number of aryl methyl sites for hydroxylation is 10. The molecule has 0 fully saturated rings. The van der Waals surface area contributed by atoms with Gasteiger partial charge in [-0.15, -0.1) is 0 Å². The number of fused-ring (bicyclic) bond motifs is 7. The van der Waals surface area contributed by atoms with E-state index in [1.54, 1.807) is 0 Å². The molecule has 1 aliphatic rings. The summed E-state index contributed by atoms with van der Waals surface area (Å²) < 4.78 is 0. The van der Waals surface area contributed by atoms with Crippen molar-refractivity contribution in [3.05, 3.63) is 248 Å². The van der Waals surface area contributed by atoms with Crippen LogP contribution >= 0.6 is 0 Å². The van der Waals surface area contributed by atoms with Gasteiger partial charge in [0.2, 0.25) is 0 Å². The topological polar surface area (TPSA) is 77.3 Å². The van der Waals surface area contributed by atoms with E-state index in [9.17, 15) is 0 Å². The molecule has 16 rings (SSSR count). The Labute approximate surface area is 513 Å². The first kappa shape index (κ1) is 53.2. The molecule has 0 aliphatic heterocycles. The highest BCUT2D eigenvalue weighted by molar-refractivity contribution is 6.34. The average Bonchev–Trinajstić information content (AvgIpc) is 1.54. The maximum atomic E-state index is 5.60. The first-order valence-electron chi connectivity index (χ1n) is 30.7. The van der Waals surface area contributed by atoms with Crippen LogP contribution in [-0.2, 0) is 6.42 Å². The van der Waals surface area contributed by atoms with Gasteiger partial charge in [0.15, 0.2) is 34.9 Å². The summed E-state index contributed by atoms with van der Waals surface area (Å²) in [6.45, 7) is 24.2. The van der Waals surface area contributed by atoms with Crippen LogP contribution in [0, 0.1) is 76.2 Å².